The first-order valence-corrected chi connectivity index (χ1v) is 8.08. The van der Waals surface area contributed by atoms with Crippen LogP contribution in [0.4, 0.5) is 0 Å². The lowest BCUT2D eigenvalue weighted by Gasteiger charge is -2.32. The molecule has 1 fully saturated rings. The zero-order chi connectivity index (χ0) is 15.9. The van der Waals surface area contributed by atoms with Crippen molar-refractivity contribution in [3.05, 3.63) is 29.8 Å². The number of benzene rings is 1. The van der Waals surface area contributed by atoms with Crippen molar-refractivity contribution in [2.75, 3.05) is 19.0 Å². The second-order valence-corrected chi connectivity index (χ2v) is 5.82. The van der Waals surface area contributed by atoms with Crippen LogP contribution in [0.3, 0.4) is 0 Å². The lowest BCUT2D eigenvalue weighted by atomic mass is 10.0. The van der Waals surface area contributed by atoms with E-state index in [1.54, 1.807) is 23.1 Å². The SMILES string of the molecule is O=C(CCCCl)NC1CCN(C(=O)c2ccccc2O)CC1. The fourth-order valence-electron chi connectivity index (χ4n) is 2.58. The Kier molecular flexibility index (Phi) is 6.07. The Bertz CT molecular complexity index is 528. The summed E-state index contributed by atoms with van der Waals surface area (Å²) in [7, 11) is 0. The van der Waals surface area contributed by atoms with E-state index in [9.17, 15) is 14.7 Å². The van der Waals surface area contributed by atoms with Crippen LogP contribution in [-0.4, -0.2) is 46.8 Å². The van der Waals surface area contributed by atoms with Gasteiger partial charge in [-0.05, 0) is 31.4 Å². The smallest absolute Gasteiger partial charge is 0.257 e. The van der Waals surface area contributed by atoms with Crippen LogP contribution in [0.1, 0.15) is 36.0 Å². The predicted molar refractivity (Wildman–Crippen MR) is 85.1 cm³/mol. The second-order valence-electron chi connectivity index (χ2n) is 5.44. The van der Waals surface area contributed by atoms with Gasteiger partial charge in [-0.25, -0.2) is 0 Å². The summed E-state index contributed by atoms with van der Waals surface area (Å²) in [6, 6.07) is 6.66. The van der Waals surface area contributed by atoms with E-state index in [0.717, 1.165) is 12.8 Å². The Morgan fingerprint density at radius 3 is 2.59 bits per heavy atom. The Balaban J connectivity index is 1.83. The highest BCUT2D eigenvalue weighted by Gasteiger charge is 2.25. The van der Waals surface area contributed by atoms with E-state index in [1.165, 1.54) is 6.07 Å². The van der Waals surface area contributed by atoms with Crippen molar-refractivity contribution in [2.24, 2.45) is 0 Å². The molecule has 0 aliphatic carbocycles. The standard InChI is InChI=1S/C16H21ClN2O3/c17-9-3-6-15(21)18-12-7-10-19(11-8-12)16(22)13-4-1-2-5-14(13)20/h1-2,4-5,12,20H,3,6-11H2,(H,18,21). The van der Waals surface area contributed by atoms with Crippen molar-refractivity contribution >= 4 is 23.4 Å². The van der Waals surface area contributed by atoms with E-state index >= 15 is 0 Å². The number of halogens is 1. The van der Waals surface area contributed by atoms with Crippen LogP contribution in [-0.2, 0) is 4.79 Å². The first kappa shape index (κ1) is 16.6. The highest BCUT2D eigenvalue weighted by atomic mass is 35.5. The minimum atomic E-state index is -0.162. The average Bonchev–Trinajstić information content (AvgIpc) is 2.53. The average molecular weight is 325 g/mol. The third kappa shape index (κ3) is 4.37. The van der Waals surface area contributed by atoms with Crippen LogP contribution in [0.25, 0.3) is 0 Å². The molecule has 5 nitrogen and oxygen atoms in total. The number of piperidine rings is 1. The van der Waals surface area contributed by atoms with Crippen LogP contribution in [0.15, 0.2) is 24.3 Å². The maximum atomic E-state index is 12.4. The molecule has 0 bridgehead atoms. The van der Waals surface area contributed by atoms with Gasteiger partial charge in [0.15, 0.2) is 0 Å². The molecule has 1 aliphatic rings. The quantitative estimate of drug-likeness (QED) is 0.815. The van der Waals surface area contributed by atoms with Crippen LogP contribution >= 0.6 is 11.6 Å². The molecule has 0 saturated carbocycles. The molecule has 1 heterocycles. The molecule has 1 aliphatic heterocycles. The molecule has 2 amide bonds. The minimum Gasteiger partial charge on any atom is -0.507 e. The summed E-state index contributed by atoms with van der Waals surface area (Å²) in [6.45, 7) is 1.15. The number of carbonyl (C=O) groups excluding carboxylic acids is 2. The van der Waals surface area contributed by atoms with Gasteiger partial charge in [0.05, 0.1) is 5.56 Å². The van der Waals surface area contributed by atoms with Crippen molar-refractivity contribution in [3.63, 3.8) is 0 Å². The highest BCUT2D eigenvalue weighted by Crippen LogP contribution is 2.20. The minimum absolute atomic E-state index is 0.00370. The molecule has 6 heteroatoms. The van der Waals surface area contributed by atoms with Crippen LogP contribution in [0.2, 0.25) is 0 Å². The summed E-state index contributed by atoms with van der Waals surface area (Å²) in [5, 5.41) is 12.7. The van der Waals surface area contributed by atoms with Crippen LogP contribution in [0.5, 0.6) is 5.75 Å². The maximum Gasteiger partial charge on any atom is 0.257 e. The second kappa shape index (κ2) is 8.03. The fraction of sp³-hybridized carbons (Fsp3) is 0.500. The van der Waals surface area contributed by atoms with Gasteiger partial charge in [-0.1, -0.05) is 12.1 Å². The number of phenolic OH excluding ortho intramolecular Hbond substituents is 1. The van der Waals surface area contributed by atoms with E-state index < -0.39 is 0 Å². The molecule has 2 N–H and O–H groups in total. The zero-order valence-electron chi connectivity index (χ0n) is 12.4. The van der Waals surface area contributed by atoms with Gasteiger partial charge in [-0.3, -0.25) is 9.59 Å². The number of nitrogens with zero attached hydrogens (tertiary/aromatic N) is 1. The fourth-order valence-corrected chi connectivity index (χ4v) is 2.71. The van der Waals surface area contributed by atoms with E-state index in [2.05, 4.69) is 5.32 Å². The number of nitrogens with one attached hydrogen (secondary N) is 1. The molecule has 120 valence electrons. The Hall–Kier alpha value is -1.75. The van der Waals surface area contributed by atoms with Gasteiger partial charge in [0.25, 0.3) is 5.91 Å². The molecule has 0 atom stereocenters. The molecule has 22 heavy (non-hydrogen) atoms. The normalized spacial score (nSPS) is 15.6. The van der Waals surface area contributed by atoms with Gasteiger partial charge in [0.2, 0.25) is 5.91 Å². The topological polar surface area (TPSA) is 69.6 Å². The van der Waals surface area contributed by atoms with E-state index in [-0.39, 0.29) is 23.6 Å². The molecule has 0 aromatic heterocycles. The number of rotatable bonds is 5. The van der Waals surface area contributed by atoms with Crippen molar-refractivity contribution in [2.45, 2.75) is 31.7 Å². The number of amides is 2. The Morgan fingerprint density at radius 1 is 1.27 bits per heavy atom. The van der Waals surface area contributed by atoms with E-state index in [0.29, 0.717) is 37.4 Å². The predicted octanol–water partition coefficient (Wildman–Crippen LogP) is 2.13. The summed E-state index contributed by atoms with van der Waals surface area (Å²) >= 11 is 5.57. The maximum absolute atomic E-state index is 12.4. The summed E-state index contributed by atoms with van der Waals surface area (Å²) < 4.78 is 0. The number of para-hydroxylation sites is 1. The lowest BCUT2D eigenvalue weighted by molar-refractivity contribution is -0.122. The summed E-state index contributed by atoms with van der Waals surface area (Å²) in [5.74, 6) is 0.348. The number of phenols is 1. The summed E-state index contributed by atoms with van der Waals surface area (Å²) in [6.07, 6.45) is 2.58. The molecule has 1 aromatic carbocycles. The molecule has 1 aromatic rings. The third-order valence-corrected chi connectivity index (χ3v) is 4.09. The van der Waals surface area contributed by atoms with Gasteiger partial charge in [0, 0.05) is 31.4 Å². The Labute approximate surface area is 135 Å². The molecule has 2 rings (SSSR count). The number of alkyl halides is 1. The van der Waals surface area contributed by atoms with Crippen molar-refractivity contribution in [1.82, 2.24) is 10.2 Å². The molecular formula is C16H21ClN2O3. The van der Waals surface area contributed by atoms with E-state index in [4.69, 9.17) is 11.6 Å². The lowest BCUT2D eigenvalue weighted by Crippen LogP contribution is -2.46. The molecule has 0 radical (unpaired) electrons. The largest absolute Gasteiger partial charge is 0.507 e. The van der Waals surface area contributed by atoms with Crippen molar-refractivity contribution in [1.29, 1.82) is 0 Å². The first-order chi connectivity index (χ1) is 10.6. The number of likely N-dealkylation sites (tertiary alicyclic amines) is 1. The van der Waals surface area contributed by atoms with E-state index in [1.807, 2.05) is 0 Å². The zero-order valence-corrected chi connectivity index (χ0v) is 13.2. The summed E-state index contributed by atoms with van der Waals surface area (Å²) in [4.78, 5) is 25.7. The van der Waals surface area contributed by atoms with Crippen LogP contribution < -0.4 is 5.32 Å². The highest BCUT2D eigenvalue weighted by molar-refractivity contribution is 6.17. The molecular weight excluding hydrogens is 304 g/mol. The number of hydrogen-bond donors (Lipinski definition) is 2. The summed E-state index contributed by atoms with van der Waals surface area (Å²) in [5.41, 5.74) is 0.326. The number of aromatic hydroxyl groups is 1. The van der Waals surface area contributed by atoms with Gasteiger partial charge in [-0.15, -0.1) is 11.6 Å². The number of hydrogen-bond acceptors (Lipinski definition) is 3. The molecule has 0 spiro atoms. The van der Waals surface area contributed by atoms with Gasteiger partial charge in [0.1, 0.15) is 5.75 Å². The van der Waals surface area contributed by atoms with Crippen molar-refractivity contribution < 1.29 is 14.7 Å². The van der Waals surface area contributed by atoms with Gasteiger partial charge < -0.3 is 15.3 Å². The van der Waals surface area contributed by atoms with Crippen molar-refractivity contribution in [3.8, 4) is 5.75 Å². The third-order valence-electron chi connectivity index (χ3n) is 3.82. The molecule has 0 unspecified atom stereocenters. The van der Waals surface area contributed by atoms with Gasteiger partial charge >= 0.3 is 0 Å². The number of carbonyl (C=O) groups is 2. The molecule has 1 saturated heterocycles. The van der Waals surface area contributed by atoms with Gasteiger partial charge in [-0.2, -0.15) is 0 Å². The monoisotopic (exact) mass is 324 g/mol. The van der Waals surface area contributed by atoms with Crippen LogP contribution in [0, 0.1) is 0 Å². The Morgan fingerprint density at radius 2 is 1.95 bits per heavy atom. The first-order valence-electron chi connectivity index (χ1n) is 7.54.